The van der Waals surface area contributed by atoms with Gasteiger partial charge in [-0.3, -0.25) is 4.90 Å². The quantitative estimate of drug-likeness (QED) is 0.902. The van der Waals surface area contributed by atoms with Crippen molar-refractivity contribution in [3.63, 3.8) is 0 Å². The number of nitrogens with zero attached hydrogens (tertiary/aromatic N) is 1. The molecule has 2 N–H and O–H groups in total. The van der Waals surface area contributed by atoms with Crippen molar-refractivity contribution in [1.29, 1.82) is 0 Å². The zero-order valence-electron chi connectivity index (χ0n) is 12.1. The number of ether oxygens (including phenoxy) is 1. The van der Waals surface area contributed by atoms with Gasteiger partial charge in [0.1, 0.15) is 0 Å². The maximum Gasteiger partial charge on any atom is 0.0594 e. The first-order valence-corrected chi connectivity index (χ1v) is 8.15. The monoisotopic (exact) mass is 282 g/mol. The minimum atomic E-state index is 0.253. The summed E-state index contributed by atoms with van der Waals surface area (Å²) < 4.78 is 5.25. The first-order valence-electron chi connectivity index (χ1n) is 7.33. The Morgan fingerprint density at radius 3 is 2.95 bits per heavy atom. The highest BCUT2D eigenvalue weighted by Crippen LogP contribution is 2.33. The van der Waals surface area contributed by atoms with E-state index in [1.54, 1.807) is 7.11 Å². The summed E-state index contributed by atoms with van der Waals surface area (Å²) in [6.45, 7) is 5.12. The minimum Gasteiger partial charge on any atom is -0.383 e. The molecule has 2 atom stereocenters. The molecule has 1 aliphatic rings. The number of methoxy groups -OCH3 is 1. The molecule has 2 unspecified atom stereocenters. The lowest BCUT2D eigenvalue weighted by atomic mass is 10.0. The van der Waals surface area contributed by atoms with Crippen molar-refractivity contribution in [3.05, 3.63) is 21.9 Å². The summed E-state index contributed by atoms with van der Waals surface area (Å²) in [5.41, 5.74) is 6.45. The third kappa shape index (κ3) is 3.78. The van der Waals surface area contributed by atoms with Gasteiger partial charge in [0.15, 0.2) is 0 Å². The first kappa shape index (κ1) is 15.0. The molecule has 2 rings (SSSR count). The van der Waals surface area contributed by atoms with E-state index in [9.17, 15) is 0 Å². The van der Waals surface area contributed by atoms with Crippen LogP contribution in [0.5, 0.6) is 0 Å². The second-order valence-electron chi connectivity index (χ2n) is 5.29. The molecule has 0 aliphatic carbocycles. The van der Waals surface area contributed by atoms with Crippen LogP contribution >= 0.6 is 11.3 Å². The lowest BCUT2D eigenvalue weighted by Gasteiger charge is -2.32. The van der Waals surface area contributed by atoms with Gasteiger partial charge in [-0.05, 0) is 37.9 Å². The van der Waals surface area contributed by atoms with Crippen molar-refractivity contribution in [2.75, 3.05) is 26.8 Å². The molecular weight excluding hydrogens is 256 g/mol. The van der Waals surface area contributed by atoms with E-state index in [4.69, 9.17) is 10.5 Å². The van der Waals surface area contributed by atoms with Crippen LogP contribution in [0.4, 0.5) is 0 Å². The summed E-state index contributed by atoms with van der Waals surface area (Å²) in [4.78, 5) is 5.41. The average Bonchev–Trinajstić information content (AvgIpc) is 2.81. The van der Waals surface area contributed by atoms with Gasteiger partial charge in [-0.1, -0.05) is 13.3 Å². The zero-order valence-corrected chi connectivity index (χ0v) is 12.9. The summed E-state index contributed by atoms with van der Waals surface area (Å²) in [7, 11) is 1.77. The Bertz CT molecular complexity index is 380. The molecule has 0 aromatic carbocycles. The Hall–Kier alpha value is -0.420. The van der Waals surface area contributed by atoms with Crippen LogP contribution in [0.3, 0.4) is 0 Å². The number of hydrogen-bond acceptors (Lipinski definition) is 4. The predicted octanol–water partition coefficient (Wildman–Crippen LogP) is 2.81. The van der Waals surface area contributed by atoms with E-state index in [1.165, 1.54) is 22.6 Å². The fourth-order valence-electron chi connectivity index (χ4n) is 2.86. The number of aryl methyl sites for hydroxylation is 1. The molecule has 3 nitrogen and oxygen atoms in total. The first-order chi connectivity index (χ1) is 9.26. The van der Waals surface area contributed by atoms with Gasteiger partial charge in [0.2, 0.25) is 0 Å². The zero-order chi connectivity index (χ0) is 13.7. The van der Waals surface area contributed by atoms with Gasteiger partial charge in [0.05, 0.1) is 12.6 Å². The molecule has 108 valence electrons. The van der Waals surface area contributed by atoms with E-state index in [-0.39, 0.29) is 6.04 Å². The molecule has 0 saturated carbocycles. The molecule has 1 aromatic rings. The maximum absolute atomic E-state index is 6.45. The van der Waals surface area contributed by atoms with Crippen molar-refractivity contribution in [1.82, 2.24) is 4.90 Å². The highest BCUT2D eigenvalue weighted by molar-refractivity contribution is 7.12. The van der Waals surface area contributed by atoms with Gasteiger partial charge >= 0.3 is 0 Å². The average molecular weight is 282 g/mol. The van der Waals surface area contributed by atoms with Gasteiger partial charge in [-0.2, -0.15) is 0 Å². The van der Waals surface area contributed by atoms with Gasteiger partial charge < -0.3 is 10.5 Å². The van der Waals surface area contributed by atoms with Crippen molar-refractivity contribution in [2.45, 2.75) is 44.7 Å². The maximum atomic E-state index is 6.45. The minimum absolute atomic E-state index is 0.253. The third-order valence-electron chi connectivity index (χ3n) is 3.94. The van der Waals surface area contributed by atoms with E-state index in [1.807, 2.05) is 11.3 Å². The lowest BCUT2D eigenvalue weighted by molar-refractivity contribution is 0.116. The van der Waals surface area contributed by atoms with E-state index in [2.05, 4.69) is 24.0 Å². The molecule has 0 bridgehead atoms. The fraction of sp³-hybridized carbons (Fsp3) is 0.733. The Labute approximate surface area is 120 Å². The summed E-state index contributed by atoms with van der Waals surface area (Å²) >= 11 is 1.93. The van der Waals surface area contributed by atoms with Crippen LogP contribution < -0.4 is 5.73 Å². The standard InChI is InChI=1S/C15H26N2OS/c1-3-12-7-8-14(19-12)15-13(16)6-4-5-9-17(15)10-11-18-2/h7-8,13,15H,3-6,9-11,16H2,1-2H3. The SMILES string of the molecule is CCc1ccc(C2C(N)CCCCN2CCOC)s1. The van der Waals surface area contributed by atoms with E-state index >= 15 is 0 Å². The number of thiophene rings is 1. The number of likely N-dealkylation sites (tertiary alicyclic amines) is 1. The van der Waals surface area contributed by atoms with Gasteiger partial charge in [0, 0.05) is 29.5 Å². The van der Waals surface area contributed by atoms with Crippen molar-refractivity contribution in [2.24, 2.45) is 5.73 Å². The normalized spacial score (nSPS) is 25.4. The topological polar surface area (TPSA) is 38.5 Å². The fourth-order valence-corrected chi connectivity index (χ4v) is 4.02. The highest BCUT2D eigenvalue weighted by atomic mass is 32.1. The summed E-state index contributed by atoms with van der Waals surface area (Å²) in [5, 5.41) is 0. The van der Waals surface area contributed by atoms with Crippen LogP contribution in [-0.2, 0) is 11.2 Å². The number of rotatable bonds is 5. The number of nitrogens with two attached hydrogens (primary N) is 1. The van der Waals surface area contributed by atoms with Crippen LogP contribution in [0.2, 0.25) is 0 Å². The van der Waals surface area contributed by atoms with Gasteiger partial charge in [0.25, 0.3) is 0 Å². The Kier molecular flexibility index (Phi) is 5.82. The van der Waals surface area contributed by atoms with E-state index in [0.29, 0.717) is 6.04 Å². The third-order valence-corrected chi connectivity index (χ3v) is 5.24. The van der Waals surface area contributed by atoms with E-state index < -0.39 is 0 Å². The van der Waals surface area contributed by atoms with Gasteiger partial charge in [-0.25, -0.2) is 0 Å². The summed E-state index contributed by atoms with van der Waals surface area (Å²) in [6, 6.07) is 5.16. The van der Waals surface area contributed by atoms with Crippen molar-refractivity contribution in [3.8, 4) is 0 Å². The molecule has 4 heteroatoms. The second-order valence-corrected chi connectivity index (χ2v) is 6.49. The molecule has 2 heterocycles. The predicted molar refractivity (Wildman–Crippen MR) is 81.7 cm³/mol. The highest BCUT2D eigenvalue weighted by Gasteiger charge is 2.29. The summed E-state index contributed by atoms with van der Waals surface area (Å²) in [6.07, 6.45) is 4.74. The molecule has 0 spiro atoms. The van der Waals surface area contributed by atoms with Crippen molar-refractivity contribution < 1.29 is 4.74 Å². The molecule has 1 aliphatic heterocycles. The molecule has 0 amide bonds. The molecule has 1 saturated heterocycles. The molecule has 1 fully saturated rings. The van der Waals surface area contributed by atoms with Crippen molar-refractivity contribution >= 4 is 11.3 Å². The smallest absolute Gasteiger partial charge is 0.0594 e. The molecule has 1 aromatic heterocycles. The molecule has 0 radical (unpaired) electrons. The Balaban J connectivity index is 2.17. The van der Waals surface area contributed by atoms with E-state index in [0.717, 1.165) is 32.5 Å². The molecule has 19 heavy (non-hydrogen) atoms. The van der Waals surface area contributed by atoms with Crippen LogP contribution in [0.15, 0.2) is 12.1 Å². The Morgan fingerprint density at radius 1 is 1.42 bits per heavy atom. The van der Waals surface area contributed by atoms with Crippen LogP contribution in [-0.4, -0.2) is 37.7 Å². The lowest BCUT2D eigenvalue weighted by Crippen LogP contribution is -2.40. The van der Waals surface area contributed by atoms with Gasteiger partial charge in [-0.15, -0.1) is 11.3 Å². The van der Waals surface area contributed by atoms with Crippen LogP contribution in [0.25, 0.3) is 0 Å². The number of hydrogen-bond donors (Lipinski definition) is 1. The van der Waals surface area contributed by atoms with Crippen LogP contribution in [0, 0.1) is 0 Å². The molecular formula is C15H26N2OS. The summed E-state index contributed by atoms with van der Waals surface area (Å²) in [5.74, 6) is 0. The largest absolute Gasteiger partial charge is 0.383 e. The Morgan fingerprint density at radius 2 is 2.26 bits per heavy atom. The van der Waals surface area contributed by atoms with Crippen LogP contribution in [0.1, 0.15) is 42.0 Å². The second kappa shape index (κ2) is 7.39.